The van der Waals surface area contributed by atoms with Crippen molar-refractivity contribution in [3.63, 3.8) is 0 Å². The molecule has 0 fully saturated rings. The van der Waals surface area contributed by atoms with Crippen LogP contribution in [0.1, 0.15) is 34.7 Å². The molecular formula is C87H52Li9N25O21S8. The standard InChI is InChI=1S/C87H59N25O21S8.9Li/c1-44-65(40-88)77(94-52-24-28-59(29-25-52)136(115,116)117)100-79(97-53-26-30-60(31-27-53)137(118,119)120)74(44)107-109-81-66(41-89)71(82(134-81)110-105-57-35-63-61(69(38-57)140(127,128)129)32-47(42-133-43-90)33-67(63)138(121,122)123)48-16-20-54(21-17-48)98-85-102-86(104-87(114)103-85)99-55-22-18-49(19-23-55)72-76(92-5)84(112-108-75-45(2)73(91-4)78(95-50-12-8-6-9-13-50)101-80(75)96-51-14-10-7-11-15-51)135-83(72)111-106-58-36-64-62(70(39-58)141(130,131)132)34-56(93-46(3)113)37-68(64)139(124,125)126;;;;;;;;;/h8-39,43,90H,42H2,1-3H3,(H,93,113)(H2,94,97,100)(H2,95,96,101)(H,115,116,117)(H,118,119,120)(H,121,122,123)(H,124,125,126)(H,127,128,129)(H,130,131,132)(H3,98,99,102,103,104,114);;;;;;;;;/q-2;9*+1/p-7. The maximum absolute atomic E-state index is 13.5. The van der Waals surface area contributed by atoms with E-state index in [1.165, 1.54) is 79.7 Å². The van der Waals surface area contributed by atoms with Gasteiger partial charge in [-0.15, -0.1) is 71.4 Å². The second-order valence-corrected chi connectivity index (χ2v) is 39.3. The minimum absolute atomic E-state index is 0. The van der Waals surface area contributed by atoms with Crippen LogP contribution in [-0.4, -0.2) is 115 Å². The predicted octanol–water partition coefficient (Wildman–Crippen LogP) is -8.77. The average molecular weight is 2100 g/mol. The van der Waals surface area contributed by atoms with Crippen molar-refractivity contribution in [2.45, 2.75) is 56.8 Å². The van der Waals surface area contributed by atoms with Crippen LogP contribution in [-0.2, 0) is 76.8 Å². The van der Waals surface area contributed by atoms with Crippen LogP contribution in [0.3, 0.4) is 0 Å². The van der Waals surface area contributed by atoms with Crippen molar-refractivity contribution in [2.24, 2.45) is 40.9 Å². The number of amides is 1. The first-order valence-electron chi connectivity index (χ1n) is 39.3. The summed E-state index contributed by atoms with van der Waals surface area (Å²) in [6, 6.07) is 49.0. The Morgan fingerprint density at radius 3 is 1.21 bits per heavy atom. The number of pyridine rings is 2. The molecule has 15 rings (SSSR count). The molecule has 1 amide bonds. The molecule has 150 heavy (non-hydrogen) atoms. The number of aromatic nitrogens is 5. The second-order valence-electron chi connectivity index (χ2n) is 29.2. The number of nitrogens with zero attached hydrogens (tertiary/aromatic N) is 17. The van der Waals surface area contributed by atoms with Gasteiger partial charge in [0.05, 0.1) is 65.5 Å². The summed E-state index contributed by atoms with van der Waals surface area (Å²) in [6.07, 6.45) is 0.475. The summed E-state index contributed by atoms with van der Waals surface area (Å²) in [6.45, 7) is 20.4. The Morgan fingerprint density at radius 2 is 0.780 bits per heavy atom. The summed E-state index contributed by atoms with van der Waals surface area (Å²) in [5.41, 5.74) is -0.707. The van der Waals surface area contributed by atoms with Crippen molar-refractivity contribution in [3.8, 4) is 40.4 Å². The Bertz CT molecular complexity index is 8810. The van der Waals surface area contributed by atoms with Gasteiger partial charge in [-0.3, -0.25) is 10.2 Å². The van der Waals surface area contributed by atoms with Crippen molar-refractivity contribution in [1.29, 1.82) is 15.9 Å². The zero-order chi connectivity index (χ0) is 101. The van der Waals surface area contributed by atoms with Gasteiger partial charge < -0.3 is 74.4 Å². The zero-order valence-electron chi connectivity index (χ0n) is 80.2. The molecule has 0 saturated heterocycles. The fourth-order valence-corrected chi connectivity index (χ4v) is 19.4. The van der Waals surface area contributed by atoms with Gasteiger partial charge in [0.15, 0.2) is 28.9 Å². The van der Waals surface area contributed by atoms with Crippen LogP contribution in [0.2, 0.25) is 0 Å². The number of nitriles is 2. The van der Waals surface area contributed by atoms with Crippen LogP contribution in [0.5, 0.6) is 6.01 Å². The normalized spacial score (nSPS) is 11.3. The van der Waals surface area contributed by atoms with Crippen LogP contribution in [0.4, 0.5) is 129 Å². The third-order valence-electron chi connectivity index (χ3n) is 20.0. The number of thiophene rings is 2. The van der Waals surface area contributed by atoms with E-state index in [1.807, 2.05) is 12.1 Å². The van der Waals surface area contributed by atoms with Crippen molar-refractivity contribution < 1.29 is 262 Å². The van der Waals surface area contributed by atoms with Crippen LogP contribution < -0.4 is 212 Å². The van der Waals surface area contributed by atoms with Crippen molar-refractivity contribution >= 4 is 246 Å². The monoisotopic (exact) mass is 2100 g/mol. The third kappa shape index (κ3) is 30.0. The van der Waals surface area contributed by atoms with E-state index in [-0.39, 0.29) is 326 Å². The van der Waals surface area contributed by atoms with E-state index in [2.05, 4.69) is 120 Å². The second kappa shape index (κ2) is 52.9. The van der Waals surface area contributed by atoms with Crippen LogP contribution in [0.25, 0.3) is 53.5 Å². The SMILES string of the molecule is [C-]#[N+]c1c(Nc2cc[c-]cc2)nc(Nc2cc[c-]cc2)c(N=Nc2sc(N=Nc3cc(S(=O)(=O)[O-])c4cc(NC(C)=O)cc(S(=O)(=O)[O-])c4c3)c(-c3ccc(Nc4nc([O-])nc(Nc5ccc(-c6c(N=Nc7cc(S(=O)(=O)[O-])c8cc(COC=N)cc(S(=O)(=O)[O-])c8c7)sc(N=Nc7c(Nc8ccc(S(=O)(=O)[O-])cc8)nc(Nc8ccc(S(=O)(=O)[O-])cc8)c(C#N)c7C)c6C#N)cc5)n4)cc3)c2[N+]#[C-])c1C.[Li+].[Li+].[Li+].[Li+].[Li+].[Li+].[Li+].[Li+].[Li+]. The Morgan fingerprint density at radius 1 is 0.413 bits per heavy atom. The van der Waals surface area contributed by atoms with Crippen LogP contribution in [0.15, 0.2) is 264 Å². The summed E-state index contributed by atoms with van der Waals surface area (Å²) in [4.78, 5) is 35.8. The third-order valence-corrected chi connectivity index (χ3v) is 27.1. The number of fused-ring (bicyclic) bond motifs is 2. The average Bonchev–Trinajstić information content (AvgIpc) is 0.888. The first kappa shape index (κ1) is 127. The topological polar surface area (TPSA) is 720 Å². The number of nitrogens with one attached hydrogen (secondary N) is 8. The Kier molecular flexibility index (Phi) is 44.8. The maximum atomic E-state index is 13.5. The number of hydrogen-bond acceptors (Lipinski definition) is 45. The Labute approximate surface area is 970 Å². The number of azo groups is 4. The largest absolute Gasteiger partial charge is 1.00 e. The van der Waals surface area contributed by atoms with Gasteiger partial charge in [0.2, 0.25) is 29.2 Å². The Hall–Kier alpha value is -11.8. The summed E-state index contributed by atoms with van der Waals surface area (Å²) in [5, 5.41) is 94.7. The van der Waals surface area contributed by atoms with Crippen LogP contribution >= 0.6 is 22.7 Å². The van der Waals surface area contributed by atoms with E-state index in [0.29, 0.717) is 46.5 Å². The molecule has 5 aromatic heterocycles. The number of benzene rings is 10. The molecule has 0 aliphatic heterocycles. The minimum Gasteiger partial charge on any atom is -0.844 e. The predicted molar refractivity (Wildman–Crippen MR) is 502 cm³/mol. The smallest absolute Gasteiger partial charge is 0.844 e. The molecule has 0 radical (unpaired) electrons. The van der Waals surface area contributed by atoms with Crippen molar-refractivity contribution in [3.05, 3.63) is 257 Å². The molecule has 63 heteroatoms. The van der Waals surface area contributed by atoms with Crippen LogP contribution in [0, 0.1) is 67.2 Å². The van der Waals surface area contributed by atoms with Crippen molar-refractivity contribution in [1.82, 2.24) is 24.9 Å². The number of rotatable bonds is 32. The molecule has 15 aromatic rings. The van der Waals surface area contributed by atoms with Gasteiger partial charge in [-0.2, -0.15) is 57.0 Å². The quantitative estimate of drug-likeness (QED) is 0.00485. The maximum Gasteiger partial charge on any atom is 1.00 e. The molecule has 0 bridgehead atoms. The van der Waals surface area contributed by atoms with Gasteiger partial charge in [0.1, 0.15) is 117 Å². The molecule has 46 nitrogen and oxygen atoms in total. The first-order valence-corrected chi connectivity index (χ1v) is 49.4. The summed E-state index contributed by atoms with van der Waals surface area (Å²) in [5.74, 6) is -1.78. The first-order chi connectivity index (χ1) is 66.9. The van der Waals surface area contributed by atoms with E-state index < -0.39 is 142 Å². The molecule has 8 N–H and O–H groups in total. The molecule has 10 aromatic carbocycles. The molecule has 708 valence electrons. The Balaban J connectivity index is 0.00000381. The molecular weight excluding hydrogens is 2050 g/mol. The molecule has 5 heterocycles. The van der Waals surface area contributed by atoms with E-state index in [4.69, 9.17) is 28.3 Å². The summed E-state index contributed by atoms with van der Waals surface area (Å²) in [7, 11) is -32.1. The van der Waals surface area contributed by atoms with E-state index in [0.717, 1.165) is 73.7 Å². The number of carbonyl (C=O) groups is 1. The van der Waals surface area contributed by atoms with Gasteiger partial charge in [0.25, 0.3) is 0 Å². The molecule has 0 aliphatic rings. The number of ether oxygens (including phenoxy) is 1. The van der Waals surface area contributed by atoms with Gasteiger partial charge in [0, 0.05) is 73.6 Å². The molecule has 0 atom stereocenters. The molecule has 0 unspecified atom stereocenters. The molecule has 0 aliphatic carbocycles. The summed E-state index contributed by atoms with van der Waals surface area (Å²) >= 11 is 1.28. The van der Waals surface area contributed by atoms with Gasteiger partial charge in [-0.1, -0.05) is 47.0 Å². The number of hydrogen-bond donors (Lipinski definition) is 8. The number of carbonyl (C=O) groups excluding carboxylic acids is 1. The van der Waals surface area contributed by atoms with Gasteiger partial charge in [-0.25, -0.2) is 80.1 Å². The molecule has 0 spiro atoms. The fraction of sp³-hybridized carbons (Fsp3) is 0.0460. The van der Waals surface area contributed by atoms with Crippen molar-refractivity contribution in [2.75, 3.05) is 37.2 Å². The van der Waals surface area contributed by atoms with E-state index in [1.54, 1.807) is 55.5 Å². The van der Waals surface area contributed by atoms with E-state index in [9.17, 15) is 98.2 Å². The fourth-order valence-electron chi connectivity index (χ4n) is 13.8. The summed E-state index contributed by atoms with van der Waals surface area (Å²) < 4.78 is 232. The van der Waals surface area contributed by atoms with E-state index >= 15 is 0 Å². The zero-order valence-corrected chi connectivity index (χ0v) is 86.7. The molecule has 0 saturated carbocycles. The van der Waals surface area contributed by atoms with Gasteiger partial charge in [-0.05, 0) is 157 Å². The number of anilines is 13. The van der Waals surface area contributed by atoms with Gasteiger partial charge >= 0.3 is 170 Å². The minimum atomic E-state index is -5.60.